The van der Waals surface area contributed by atoms with Crippen molar-refractivity contribution in [2.45, 2.75) is 0 Å². The lowest BCUT2D eigenvalue weighted by Gasteiger charge is -2.18. The third-order valence-electron chi connectivity index (χ3n) is 9.46. The third-order valence-corrected chi connectivity index (χ3v) is 10.6. The molecular formula is C44H26OS. The average Bonchev–Trinajstić information content (AvgIpc) is 3.72. The van der Waals surface area contributed by atoms with Crippen LogP contribution in [0.2, 0.25) is 0 Å². The Labute approximate surface area is 269 Å². The molecule has 0 aliphatic carbocycles. The molecule has 2 heterocycles. The molecule has 0 aliphatic rings. The monoisotopic (exact) mass is 602 g/mol. The van der Waals surface area contributed by atoms with E-state index in [2.05, 4.69) is 158 Å². The van der Waals surface area contributed by atoms with Gasteiger partial charge in [-0.15, -0.1) is 11.3 Å². The second-order valence-corrected chi connectivity index (χ2v) is 13.1. The molecule has 0 atom stereocenters. The van der Waals surface area contributed by atoms with Crippen LogP contribution in [-0.2, 0) is 0 Å². The Hall–Kier alpha value is -5.70. The molecule has 1 nitrogen and oxygen atoms in total. The summed E-state index contributed by atoms with van der Waals surface area (Å²) in [5, 5.41) is 11.1. The van der Waals surface area contributed by atoms with E-state index in [4.69, 9.17) is 4.42 Å². The lowest BCUT2D eigenvalue weighted by Crippen LogP contribution is -1.90. The fourth-order valence-corrected chi connectivity index (χ4v) is 8.45. The summed E-state index contributed by atoms with van der Waals surface area (Å²) < 4.78 is 7.69. The van der Waals surface area contributed by atoms with Crippen LogP contribution >= 0.6 is 11.3 Å². The van der Waals surface area contributed by atoms with Gasteiger partial charge in [-0.3, -0.25) is 0 Å². The van der Waals surface area contributed by atoms with Gasteiger partial charge in [0.15, 0.2) is 0 Å². The number of benzene rings is 8. The topological polar surface area (TPSA) is 13.1 Å². The molecule has 0 fully saturated rings. The van der Waals surface area contributed by atoms with Crippen LogP contribution in [0.15, 0.2) is 162 Å². The molecule has 2 heteroatoms. The fraction of sp³-hybridized carbons (Fsp3) is 0. The Kier molecular flexibility index (Phi) is 5.51. The van der Waals surface area contributed by atoms with Crippen molar-refractivity contribution < 1.29 is 4.42 Å². The summed E-state index contributed by atoms with van der Waals surface area (Å²) >= 11 is 1.85. The smallest absolute Gasteiger partial charge is 0.136 e. The van der Waals surface area contributed by atoms with Gasteiger partial charge < -0.3 is 4.42 Å². The first-order valence-corrected chi connectivity index (χ1v) is 16.5. The van der Waals surface area contributed by atoms with Crippen LogP contribution in [0.3, 0.4) is 0 Å². The van der Waals surface area contributed by atoms with Crippen LogP contribution < -0.4 is 0 Å². The van der Waals surface area contributed by atoms with E-state index < -0.39 is 0 Å². The molecule has 8 aromatic carbocycles. The highest BCUT2D eigenvalue weighted by molar-refractivity contribution is 7.22. The summed E-state index contributed by atoms with van der Waals surface area (Å²) in [7, 11) is 0. The van der Waals surface area contributed by atoms with Crippen LogP contribution in [0.1, 0.15) is 0 Å². The van der Waals surface area contributed by atoms with Crippen molar-refractivity contribution in [3.05, 3.63) is 158 Å². The SMILES string of the molecule is c1ccc2sc(-c3ccc(-c4c5ccccc5c(-c5ccc6oc7ccc8ccccc8c7c6c5)c5ccccc45)cc3)cc2c1. The Bertz CT molecular complexity index is 2710. The molecule has 0 N–H and O–H groups in total. The quantitative estimate of drug-likeness (QED) is 0.183. The molecule has 0 unspecified atom stereocenters. The van der Waals surface area contributed by atoms with Crippen LogP contribution in [0.5, 0.6) is 0 Å². The van der Waals surface area contributed by atoms with E-state index in [0.717, 1.165) is 16.6 Å². The van der Waals surface area contributed by atoms with Crippen molar-refractivity contribution in [1.82, 2.24) is 0 Å². The van der Waals surface area contributed by atoms with Gasteiger partial charge in [-0.2, -0.15) is 0 Å². The number of hydrogen-bond donors (Lipinski definition) is 0. The number of hydrogen-bond acceptors (Lipinski definition) is 2. The van der Waals surface area contributed by atoms with Crippen molar-refractivity contribution in [3.63, 3.8) is 0 Å². The van der Waals surface area contributed by atoms with E-state index in [1.807, 2.05) is 11.3 Å². The second-order valence-electron chi connectivity index (χ2n) is 12.0. The minimum atomic E-state index is 0.916. The van der Waals surface area contributed by atoms with Gasteiger partial charge in [0, 0.05) is 20.3 Å². The van der Waals surface area contributed by atoms with E-state index in [1.165, 1.54) is 80.5 Å². The Morgan fingerprint density at radius 3 is 1.61 bits per heavy atom. The normalized spacial score (nSPS) is 11.9. The van der Waals surface area contributed by atoms with Gasteiger partial charge in [-0.25, -0.2) is 0 Å². The van der Waals surface area contributed by atoms with Gasteiger partial charge in [0.2, 0.25) is 0 Å². The van der Waals surface area contributed by atoms with Crippen LogP contribution in [0.25, 0.3) is 97.0 Å². The Balaban J connectivity index is 1.20. The summed E-state index contributed by atoms with van der Waals surface area (Å²) in [5.74, 6) is 0. The van der Waals surface area contributed by atoms with Gasteiger partial charge in [0.05, 0.1) is 0 Å². The predicted octanol–water partition coefficient (Wildman–Crippen LogP) is 13.3. The zero-order chi connectivity index (χ0) is 30.2. The summed E-state index contributed by atoms with van der Waals surface area (Å²) in [5.41, 5.74) is 8.05. The summed E-state index contributed by atoms with van der Waals surface area (Å²) in [6, 6.07) is 57.3. The number of fused-ring (bicyclic) bond motifs is 8. The average molecular weight is 603 g/mol. The number of furan rings is 1. The molecule has 10 aromatic rings. The van der Waals surface area contributed by atoms with Gasteiger partial charge >= 0.3 is 0 Å². The summed E-state index contributed by atoms with van der Waals surface area (Å²) in [6.45, 7) is 0. The highest BCUT2D eigenvalue weighted by Gasteiger charge is 2.18. The lowest BCUT2D eigenvalue weighted by atomic mass is 9.85. The third kappa shape index (κ3) is 3.81. The van der Waals surface area contributed by atoms with Gasteiger partial charge in [0.1, 0.15) is 11.2 Å². The zero-order valence-corrected chi connectivity index (χ0v) is 25.6. The highest BCUT2D eigenvalue weighted by atomic mass is 32.1. The minimum Gasteiger partial charge on any atom is -0.456 e. The molecule has 0 aliphatic heterocycles. The van der Waals surface area contributed by atoms with Crippen molar-refractivity contribution in [2.75, 3.05) is 0 Å². The van der Waals surface area contributed by atoms with Gasteiger partial charge in [-0.1, -0.05) is 127 Å². The van der Waals surface area contributed by atoms with E-state index in [0.29, 0.717) is 0 Å². The first-order valence-electron chi connectivity index (χ1n) is 15.7. The van der Waals surface area contributed by atoms with Gasteiger partial charge in [-0.05, 0) is 95.9 Å². The van der Waals surface area contributed by atoms with E-state index in [9.17, 15) is 0 Å². The van der Waals surface area contributed by atoms with Crippen molar-refractivity contribution in [1.29, 1.82) is 0 Å². The number of rotatable bonds is 3. The van der Waals surface area contributed by atoms with Crippen molar-refractivity contribution in [2.24, 2.45) is 0 Å². The molecule has 46 heavy (non-hydrogen) atoms. The largest absolute Gasteiger partial charge is 0.456 e. The predicted molar refractivity (Wildman–Crippen MR) is 198 cm³/mol. The van der Waals surface area contributed by atoms with E-state index >= 15 is 0 Å². The molecule has 0 spiro atoms. The van der Waals surface area contributed by atoms with Crippen molar-refractivity contribution in [3.8, 4) is 32.7 Å². The standard InChI is InChI=1S/C44H26OS/c1-3-11-32-27(9-1)21-24-39-44(32)37-25-31(22-23-38(37)45-39)43-35-14-6-4-12-33(35)42(34-13-5-7-15-36(34)43)29-19-17-28(18-20-29)41-26-30-10-2-8-16-40(30)46-41/h1-26H. The van der Waals surface area contributed by atoms with Crippen LogP contribution in [0.4, 0.5) is 0 Å². The molecule has 0 saturated heterocycles. The maximum absolute atomic E-state index is 6.36. The molecule has 0 radical (unpaired) electrons. The number of thiophene rings is 1. The van der Waals surface area contributed by atoms with Crippen molar-refractivity contribution >= 4 is 75.7 Å². The molecule has 10 rings (SSSR count). The first-order chi connectivity index (χ1) is 22.8. The first kappa shape index (κ1) is 25.6. The molecule has 0 bridgehead atoms. The highest BCUT2D eigenvalue weighted by Crippen LogP contribution is 2.45. The van der Waals surface area contributed by atoms with E-state index in [1.54, 1.807) is 0 Å². The Morgan fingerprint density at radius 1 is 0.370 bits per heavy atom. The molecule has 0 saturated carbocycles. The maximum Gasteiger partial charge on any atom is 0.136 e. The van der Waals surface area contributed by atoms with E-state index in [-0.39, 0.29) is 0 Å². The van der Waals surface area contributed by atoms with Gasteiger partial charge in [0.25, 0.3) is 0 Å². The minimum absolute atomic E-state index is 0.916. The maximum atomic E-state index is 6.36. The zero-order valence-electron chi connectivity index (χ0n) is 24.8. The lowest BCUT2D eigenvalue weighted by molar-refractivity contribution is 0.669. The summed E-state index contributed by atoms with van der Waals surface area (Å²) in [4.78, 5) is 1.30. The Morgan fingerprint density at radius 2 is 0.913 bits per heavy atom. The molecule has 0 amide bonds. The fourth-order valence-electron chi connectivity index (χ4n) is 7.38. The second kappa shape index (κ2) is 9.90. The molecule has 214 valence electrons. The summed E-state index contributed by atoms with van der Waals surface area (Å²) in [6.07, 6.45) is 0. The van der Waals surface area contributed by atoms with Crippen LogP contribution in [0, 0.1) is 0 Å². The van der Waals surface area contributed by atoms with Crippen LogP contribution in [-0.4, -0.2) is 0 Å². The molecule has 2 aromatic heterocycles. The molecular weight excluding hydrogens is 577 g/mol.